The van der Waals surface area contributed by atoms with Crippen LogP contribution in [0.5, 0.6) is 5.75 Å². The zero-order chi connectivity index (χ0) is 13.8. The summed E-state index contributed by atoms with van der Waals surface area (Å²) >= 11 is 0. The molecule has 0 radical (unpaired) electrons. The van der Waals surface area contributed by atoms with Crippen molar-refractivity contribution in [3.63, 3.8) is 0 Å². The zero-order valence-electron chi connectivity index (χ0n) is 9.95. The third-order valence-corrected chi connectivity index (χ3v) is 2.70. The Balaban J connectivity index is 1.98. The van der Waals surface area contributed by atoms with Crippen LogP contribution >= 0.6 is 0 Å². The van der Waals surface area contributed by atoms with E-state index in [1.54, 1.807) is 24.3 Å². The summed E-state index contributed by atoms with van der Waals surface area (Å²) < 4.78 is 5.60. The molecule has 2 N–H and O–H groups in total. The molecule has 98 valence electrons. The maximum Gasteiger partial charge on any atom is 0.335 e. The van der Waals surface area contributed by atoms with Gasteiger partial charge in [-0.3, -0.25) is 0 Å². The third-order valence-electron chi connectivity index (χ3n) is 2.70. The van der Waals surface area contributed by atoms with Crippen LogP contribution in [0.25, 0.3) is 0 Å². The number of rotatable bonds is 4. The van der Waals surface area contributed by atoms with E-state index in [4.69, 9.17) is 14.9 Å². The standard InChI is InChI=1S/C14H12O5/c15-13(16)9-1-5-11(6-2-9)19-12-7-3-10(4-8-12)14(17)18/h1-7,12H,8H2,(H,15,16)(H,17,18). The molecule has 0 amide bonds. The molecule has 19 heavy (non-hydrogen) atoms. The van der Waals surface area contributed by atoms with Crippen LogP contribution in [-0.4, -0.2) is 28.3 Å². The fourth-order valence-electron chi connectivity index (χ4n) is 1.70. The number of carbonyl (C=O) groups is 2. The Morgan fingerprint density at radius 2 is 1.79 bits per heavy atom. The maximum absolute atomic E-state index is 10.7. The number of aromatic carboxylic acids is 1. The maximum atomic E-state index is 10.7. The minimum atomic E-state index is -0.988. The molecule has 0 fully saturated rings. The average molecular weight is 260 g/mol. The summed E-state index contributed by atoms with van der Waals surface area (Å²) in [6.07, 6.45) is 5.01. The van der Waals surface area contributed by atoms with E-state index in [0.717, 1.165) is 0 Å². The molecular formula is C14H12O5. The summed E-state index contributed by atoms with van der Waals surface area (Å²) in [6.45, 7) is 0. The Morgan fingerprint density at radius 1 is 1.11 bits per heavy atom. The highest BCUT2D eigenvalue weighted by molar-refractivity contribution is 5.90. The number of hydrogen-bond acceptors (Lipinski definition) is 3. The molecule has 1 aromatic carbocycles. The van der Waals surface area contributed by atoms with E-state index in [0.29, 0.717) is 12.2 Å². The van der Waals surface area contributed by atoms with Crippen molar-refractivity contribution in [2.75, 3.05) is 0 Å². The topological polar surface area (TPSA) is 83.8 Å². The Bertz CT molecular complexity index is 554. The van der Waals surface area contributed by atoms with E-state index < -0.39 is 11.9 Å². The molecule has 0 saturated heterocycles. The van der Waals surface area contributed by atoms with Crippen molar-refractivity contribution in [3.05, 3.63) is 53.6 Å². The molecule has 0 heterocycles. The van der Waals surface area contributed by atoms with Gasteiger partial charge in [0, 0.05) is 6.42 Å². The highest BCUT2D eigenvalue weighted by Gasteiger charge is 2.14. The van der Waals surface area contributed by atoms with Gasteiger partial charge in [-0.05, 0) is 36.4 Å². The summed E-state index contributed by atoms with van der Waals surface area (Å²) in [6, 6.07) is 6.08. The molecule has 1 aliphatic carbocycles. The minimum absolute atomic E-state index is 0.194. The van der Waals surface area contributed by atoms with Gasteiger partial charge in [0.15, 0.2) is 0 Å². The van der Waals surface area contributed by atoms with Crippen molar-refractivity contribution >= 4 is 11.9 Å². The van der Waals surface area contributed by atoms with Gasteiger partial charge in [0.1, 0.15) is 11.9 Å². The number of ether oxygens (including phenoxy) is 1. The Hall–Kier alpha value is -2.56. The first-order valence-electron chi connectivity index (χ1n) is 5.68. The summed E-state index contributed by atoms with van der Waals surface area (Å²) in [5.41, 5.74) is 0.445. The molecule has 0 aromatic heterocycles. The lowest BCUT2D eigenvalue weighted by atomic mass is 10.1. The normalized spacial score (nSPS) is 17.7. The number of carboxylic acids is 2. The molecule has 1 atom stereocenters. The largest absolute Gasteiger partial charge is 0.486 e. The molecule has 0 aliphatic heterocycles. The lowest BCUT2D eigenvalue weighted by molar-refractivity contribution is -0.132. The van der Waals surface area contributed by atoms with Crippen LogP contribution in [0, 0.1) is 0 Å². The molecule has 5 nitrogen and oxygen atoms in total. The van der Waals surface area contributed by atoms with E-state index in [2.05, 4.69) is 0 Å². The number of hydrogen-bond donors (Lipinski definition) is 2. The monoisotopic (exact) mass is 260 g/mol. The van der Waals surface area contributed by atoms with Gasteiger partial charge in [-0.25, -0.2) is 9.59 Å². The van der Waals surface area contributed by atoms with Gasteiger partial charge < -0.3 is 14.9 Å². The first-order chi connectivity index (χ1) is 9.06. The van der Waals surface area contributed by atoms with Gasteiger partial charge in [0.05, 0.1) is 11.1 Å². The van der Waals surface area contributed by atoms with Gasteiger partial charge >= 0.3 is 11.9 Å². The molecule has 0 spiro atoms. The predicted octanol–water partition coefficient (Wildman–Crippen LogP) is 2.10. The Labute approximate surface area is 109 Å². The fourth-order valence-corrected chi connectivity index (χ4v) is 1.70. The van der Waals surface area contributed by atoms with Crippen molar-refractivity contribution < 1.29 is 24.5 Å². The lowest BCUT2D eigenvalue weighted by Gasteiger charge is -2.17. The van der Waals surface area contributed by atoms with Crippen molar-refractivity contribution in [2.24, 2.45) is 0 Å². The summed E-state index contributed by atoms with van der Waals surface area (Å²) in [7, 11) is 0. The second-order valence-electron chi connectivity index (χ2n) is 4.05. The van der Waals surface area contributed by atoms with Crippen LogP contribution in [0.4, 0.5) is 0 Å². The van der Waals surface area contributed by atoms with Gasteiger partial charge in [0.25, 0.3) is 0 Å². The summed E-state index contributed by atoms with van der Waals surface area (Å²) in [4.78, 5) is 21.4. The van der Waals surface area contributed by atoms with Crippen LogP contribution < -0.4 is 4.74 Å². The Kier molecular flexibility index (Phi) is 3.66. The number of aliphatic carboxylic acids is 1. The van der Waals surface area contributed by atoms with E-state index >= 15 is 0 Å². The molecule has 1 unspecified atom stereocenters. The molecule has 1 aromatic rings. The molecular weight excluding hydrogens is 248 g/mol. The third kappa shape index (κ3) is 3.22. The van der Waals surface area contributed by atoms with Crippen LogP contribution in [-0.2, 0) is 4.79 Å². The first-order valence-corrected chi connectivity index (χ1v) is 5.68. The van der Waals surface area contributed by atoms with Gasteiger partial charge in [-0.2, -0.15) is 0 Å². The predicted molar refractivity (Wildman–Crippen MR) is 67.3 cm³/mol. The van der Waals surface area contributed by atoms with Crippen molar-refractivity contribution in [1.29, 1.82) is 0 Å². The van der Waals surface area contributed by atoms with Crippen molar-refractivity contribution in [3.8, 4) is 5.75 Å². The zero-order valence-corrected chi connectivity index (χ0v) is 9.95. The second-order valence-corrected chi connectivity index (χ2v) is 4.05. The van der Waals surface area contributed by atoms with E-state index in [-0.39, 0.29) is 17.2 Å². The van der Waals surface area contributed by atoms with Crippen LogP contribution in [0.3, 0.4) is 0 Å². The molecule has 0 bridgehead atoms. The van der Waals surface area contributed by atoms with E-state index in [1.807, 2.05) is 0 Å². The number of benzene rings is 1. The molecule has 1 aliphatic rings. The van der Waals surface area contributed by atoms with Gasteiger partial charge in [-0.15, -0.1) is 0 Å². The lowest BCUT2D eigenvalue weighted by Crippen LogP contribution is -2.16. The van der Waals surface area contributed by atoms with Crippen LogP contribution in [0.2, 0.25) is 0 Å². The molecule has 2 rings (SSSR count). The van der Waals surface area contributed by atoms with Crippen molar-refractivity contribution in [2.45, 2.75) is 12.5 Å². The average Bonchev–Trinajstić information content (AvgIpc) is 2.40. The minimum Gasteiger partial charge on any atom is -0.486 e. The number of carboxylic acid groups (broad SMARTS) is 2. The quantitative estimate of drug-likeness (QED) is 0.866. The van der Waals surface area contributed by atoms with Gasteiger partial charge in [0.2, 0.25) is 0 Å². The first kappa shape index (κ1) is 12.9. The van der Waals surface area contributed by atoms with E-state index in [9.17, 15) is 9.59 Å². The van der Waals surface area contributed by atoms with Gasteiger partial charge in [-0.1, -0.05) is 6.08 Å². The molecule has 0 saturated carbocycles. The van der Waals surface area contributed by atoms with Crippen LogP contribution in [0.1, 0.15) is 16.8 Å². The highest BCUT2D eigenvalue weighted by atomic mass is 16.5. The molecule has 5 heteroatoms. The Morgan fingerprint density at radius 3 is 2.26 bits per heavy atom. The fraction of sp³-hybridized carbons (Fsp3) is 0.143. The highest BCUT2D eigenvalue weighted by Crippen LogP contribution is 2.19. The van der Waals surface area contributed by atoms with Crippen molar-refractivity contribution in [1.82, 2.24) is 0 Å². The smallest absolute Gasteiger partial charge is 0.335 e. The summed E-state index contributed by atoms with van der Waals surface area (Å²) in [5.74, 6) is -1.40. The summed E-state index contributed by atoms with van der Waals surface area (Å²) in [5, 5.41) is 17.5. The second kappa shape index (κ2) is 5.39. The SMILES string of the molecule is O=C(O)C1=CCC(Oc2ccc(C(=O)O)cc2)C=C1. The van der Waals surface area contributed by atoms with E-state index in [1.165, 1.54) is 18.2 Å². The van der Waals surface area contributed by atoms with Crippen LogP contribution in [0.15, 0.2) is 48.1 Å².